The highest BCUT2D eigenvalue weighted by Crippen LogP contribution is 2.26. The molecule has 5 heteroatoms. The standard InChI is InChI=1S/C14H18N2OS2/c1-3-11(17-7-1)9-15-6-5-14-16-12(10-19-14)13-4-2-8-18-13/h2,4,8,10-11,15H,1,3,5-7,9H2. The molecule has 0 bridgehead atoms. The fourth-order valence-corrected chi connectivity index (χ4v) is 3.79. The van der Waals surface area contributed by atoms with Gasteiger partial charge in [0.15, 0.2) is 0 Å². The van der Waals surface area contributed by atoms with Crippen LogP contribution in [0.3, 0.4) is 0 Å². The number of aromatic nitrogens is 1. The van der Waals surface area contributed by atoms with Gasteiger partial charge in [-0.2, -0.15) is 0 Å². The number of thiophene rings is 1. The average molecular weight is 294 g/mol. The number of thiazole rings is 1. The highest BCUT2D eigenvalue weighted by Gasteiger charge is 2.14. The van der Waals surface area contributed by atoms with Crippen LogP contribution in [0, 0.1) is 0 Å². The van der Waals surface area contributed by atoms with E-state index in [2.05, 4.69) is 33.2 Å². The van der Waals surface area contributed by atoms with Crippen molar-refractivity contribution < 1.29 is 4.74 Å². The second-order valence-electron chi connectivity index (χ2n) is 4.69. The van der Waals surface area contributed by atoms with E-state index in [0.29, 0.717) is 6.10 Å². The van der Waals surface area contributed by atoms with Gasteiger partial charge >= 0.3 is 0 Å². The van der Waals surface area contributed by atoms with Gasteiger partial charge < -0.3 is 10.1 Å². The van der Waals surface area contributed by atoms with Crippen molar-refractivity contribution in [3.8, 4) is 10.6 Å². The van der Waals surface area contributed by atoms with Crippen LogP contribution in [-0.4, -0.2) is 30.8 Å². The Morgan fingerprint density at radius 3 is 3.21 bits per heavy atom. The Bertz CT molecular complexity index is 489. The molecule has 0 spiro atoms. The Kier molecular flexibility index (Phi) is 4.61. The third-order valence-corrected chi connectivity index (χ3v) is 5.04. The Morgan fingerprint density at radius 1 is 1.42 bits per heavy atom. The molecule has 1 aliphatic rings. The van der Waals surface area contributed by atoms with E-state index in [1.165, 1.54) is 22.7 Å². The zero-order chi connectivity index (χ0) is 12.9. The first kappa shape index (κ1) is 13.2. The van der Waals surface area contributed by atoms with Crippen molar-refractivity contribution in [3.63, 3.8) is 0 Å². The van der Waals surface area contributed by atoms with Gasteiger partial charge in [-0.3, -0.25) is 0 Å². The third kappa shape index (κ3) is 3.63. The maximum Gasteiger partial charge on any atom is 0.0945 e. The minimum atomic E-state index is 0.429. The van der Waals surface area contributed by atoms with Crippen LogP contribution in [0.2, 0.25) is 0 Å². The Labute approximate surface area is 121 Å². The van der Waals surface area contributed by atoms with E-state index >= 15 is 0 Å². The van der Waals surface area contributed by atoms with Crippen LogP contribution >= 0.6 is 22.7 Å². The molecule has 0 radical (unpaired) electrons. The summed E-state index contributed by atoms with van der Waals surface area (Å²) in [6.07, 6.45) is 3.84. The minimum Gasteiger partial charge on any atom is -0.377 e. The van der Waals surface area contributed by atoms with Crippen LogP contribution < -0.4 is 5.32 Å². The third-order valence-electron chi connectivity index (χ3n) is 3.24. The number of hydrogen-bond acceptors (Lipinski definition) is 5. The van der Waals surface area contributed by atoms with Gasteiger partial charge in [0.25, 0.3) is 0 Å². The molecule has 0 saturated carbocycles. The first-order valence-corrected chi connectivity index (χ1v) is 8.48. The van der Waals surface area contributed by atoms with Crippen molar-refractivity contribution in [2.75, 3.05) is 19.7 Å². The highest BCUT2D eigenvalue weighted by molar-refractivity contribution is 7.14. The molecular formula is C14H18N2OS2. The normalized spacial score (nSPS) is 19.1. The molecule has 19 heavy (non-hydrogen) atoms. The van der Waals surface area contributed by atoms with Gasteiger partial charge in [-0.1, -0.05) is 6.07 Å². The molecule has 2 aromatic heterocycles. The molecule has 3 nitrogen and oxygen atoms in total. The van der Waals surface area contributed by atoms with Crippen molar-refractivity contribution in [1.29, 1.82) is 0 Å². The van der Waals surface area contributed by atoms with E-state index in [9.17, 15) is 0 Å². The molecule has 1 atom stereocenters. The lowest BCUT2D eigenvalue weighted by Crippen LogP contribution is -2.27. The summed E-state index contributed by atoms with van der Waals surface area (Å²) in [5.74, 6) is 0. The van der Waals surface area contributed by atoms with Gasteiger partial charge in [-0.25, -0.2) is 4.98 Å². The molecule has 1 fully saturated rings. The molecule has 102 valence electrons. The maximum absolute atomic E-state index is 5.58. The van der Waals surface area contributed by atoms with Crippen LogP contribution in [0.4, 0.5) is 0 Å². The van der Waals surface area contributed by atoms with Crippen LogP contribution in [0.15, 0.2) is 22.9 Å². The summed E-state index contributed by atoms with van der Waals surface area (Å²) < 4.78 is 5.58. The van der Waals surface area contributed by atoms with Crippen molar-refractivity contribution >= 4 is 22.7 Å². The summed E-state index contributed by atoms with van der Waals surface area (Å²) >= 11 is 3.50. The summed E-state index contributed by atoms with van der Waals surface area (Å²) in [4.78, 5) is 5.94. The van der Waals surface area contributed by atoms with Gasteiger partial charge in [0.05, 0.1) is 21.7 Å². The molecule has 3 heterocycles. The van der Waals surface area contributed by atoms with E-state index in [4.69, 9.17) is 4.74 Å². The Morgan fingerprint density at radius 2 is 2.42 bits per heavy atom. The Balaban J connectivity index is 1.43. The van der Waals surface area contributed by atoms with Gasteiger partial charge in [0.1, 0.15) is 0 Å². The quantitative estimate of drug-likeness (QED) is 0.831. The average Bonchev–Trinajstić information content (AvgIpc) is 3.15. The van der Waals surface area contributed by atoms with Gasteiger partial charge in [0.2, 0.25) is 0 Å². The highest BCUT2D eigenvalue weighted by atomic mass is 32.1. The number of rotatable bonds is 6. The van der Waals surface area contributed by atoms with Crippen molar-refractivity contribution in [3.05, 3.63) is 27.9 Å². The number of nitrogens with zero attached hydrogens (tertiary/aromatic N) is 1. The summed E-state index contributed by atoms with van der Waals surface area (Å²) in [5, 5.41) is 8.92. The van der Waals surface area contributed by atoms with Gasteiger partial charge in [-0.05, 0) is 24.3 Å². The molecular weight excluding hydrogens is 276 g/mol. The topological polar surface area (TPSA) is 34.1 Å². The predicted molar refractivity (Wildman–Crippen MR) is 81.0 cm³/mol. The molecule has 1 aliphatic heterocycles. The van der Waals surface area contributed by atoms with Gasteiger partial charge in [0, 0.05) is 31.5 Å². The minimum absolute atomic E-state index is 0.429. The first-order chi connectivity index (χ1) is 9.42. The van der Waals surface area contributed by atoms with Crippen LogP contribution in [0.25, 0.3) is 10.6 Å². The molecule has 0 aliphatic carbocycles. The number of nitrogens with one attached hydrogen (secondary N) is 1. The van der Waals surface area contributed by atoms with Crippen molar-refractivity contribution in [2.24, 2.45) is 0 Å². The molecule has 3 rings (SSSR count). The summed E-state index contributed by atoms with van der Waals surface area (Å²) in [5.41, 5.74) is 1.12. The zero-order valence-corrected chi connectivity index (χ0v) is 12.4. The first-order valence-electron chi connectivity index (χ1n) is 6.72. The largest absolute Gasteiger partial charge is 0.377 e. The second-order valence-corrected chi connectivity index (χ2v) is 6.58. The smallest absolute Gasteiger partial charge is 0.0945 e. The molecule has 2 aromatic rings. The van der Waals surface area contributed by atoms with Crippen LogP contribution in [0.1, 0.15) is 17.8 Å². The lowest BCUT2D eigenvalue weighted by molar-refractivity contribution is 0.110. The lowest BCUT2D eigenvalue weighted by atomic mass is 10.2. The Hall–Kier alpha value is -0.750. The summed E-state index contributed by atoms with van der Waals surface area (Å²) in [6, 6.07) is 4.20. The van der Waals surface area contributed by atoms with Crippen LogP contribution in [-0.2, 0) is 11.2 Å². The van der Waals surface area contributed by atoms with Gasteiger partial charge in [-0.15, -0.1) is 22.7 Å². The van der Waals surface area contributed by atoms with Crippen molar-refractivity contribution in [1.82, 2.24) is 10.3 Å². The molecule has 1 N–H and O–H groups in total. The van der Waals surface area contributed by atoms with E-state index in [1.807, 2.05) is 0 Å². The van der Waals surface area contributed by atoms with E-state index in [-0.39, 0.29) is 0 Å². The van der Waals surface area contributed by atoms with E-state index in [0.717, 1.165) is 31.8 Å². The monoisotopic (exact) mass is 294 g/mol. The number of hydrogen-bond donors (Lipinski definition) is 1. The molecule has 1 saturated heterocycles. The zero-order valence-electron chi connectivity index (χ0n) is 10.8. The summed E-state index contributed by atoms with van der Waals surface area (Å²) in [6.45, 7) is 2.89. The number of ether oxygens (including phenoxy) is 1. The van der Waals surface area contributed by atoms with E-state index in [1.54, 1.807) is 22.7 Å². The molecule has 0 amide bonds. The second kappa shape index (κ2) is 6.61. The fourth-order valence-electron chi connectivity index (χ4n) is 2.23. The van der Waals surface area contributed by atoms with Crippen LogP contribution in [0.5, 0.6) is 0 Å². The van der Waals surface area contributed by atoms with Crippen molar-refractivity contribution in [2.45, 2.75) is 25.4 Å². The maximum atomic E-state index is 5.58. The molecule has 0 aromatic carbocycles. The lowest BCUT2D eigenvalue weighted by Gasteiger charge is -2.09. The SMILES string of the molecule is c1csc(-c2csc(CCNCC3CCCO3)n2)c1. The summed E-state index contributed by atoms with van der Waals surface area (Å²) in [7, 11) is 0. The fraction of sp³-hybridized carbons (Fsp3) is 0.500. The van der Waals surface area contributed by atoms with E-state index < -0.39 is 0 Å². The predicted octanol–water partition coefficient (Wildman–Crippen LogP) is 3.18. The molecule has 1 unspecified atom stereocenters.